The van der Waals surface area contributed by atoms with Crippen LogP contribution in [-0.4, -0.2) is 0 Å². The second-order valence-corrected chi connectivity index (χ2v) is 22.7. The van der Waals surface area contributed by atoms with Crippen LogP contribution in [0.1, 0.15) is 97.7 Å². The van der Waals surface area contributed by atoms with Gasteiger partial charge < -0.3 is 9.80 Å². The molecule has 0 aromatic heterocycles. The highest BCUT2D eigenvalue weighted by Crippen LogP contribution is 2.66. The monoisotopic (exact) mass is 1000 g/mol. The van der Waals surface area contributed by atoms with Gasteiger partial charge in [-0.05, 0) is 183 Å². The summed E-state index contributed by atoms with van der Waals surface area (Å²) in [7, 11) is 0. The predicted octanol–water partition coefficient (Wildman–Crippen LogP) is 19.9. The van der Waals surface area contributed by atoms with E-state index in [0.717, 1.165) is 52.4 Å². The molecule has 374 valence electrons. The summed E-state index contributed by atoms with van der Waals surface area (Å²) in [5.74, 6) is 0.541. The van der Waals surface area contributed by atoms with Crippen molar-refractivity contribution in [3.05, 3.63) is 304 Å². The highest BCUT2D eigenvalue weighted by molar-refractivity contribution is 6.02. The number of hydrogen-bond acceptors (Lipinski definition) is 2. The molecule has 9 aromatic rings. The Balaban J connectivity index is 1.04. The van der Waals surface area contributed by atoms with Gasteiger partial charge in [0.2, 0.25) is 0 Å². The standard InChI is InChI=1S/C76H60N2/c1-75(2)67-37-21-18-34-59(67)62-45-44-58(46-70(62)75)78(57-32-16-7-17-33-57)74-50-72-66(48-64(74)54-42-40-52(41-43-54)51-24-8-3-9-25-51)61-36-20-23-39-69(61)76(72)68-38-22-19-35-60(68)65-47-63(53-26-10-4-11-27-53)73(49-71(65)76)77(55-28-12-5-13-29-55)56-30-14-6-15-31-56/h4-7,10-23,26-40,42,46-51H,3,8-9,24-25,44-45H2,1-2H3. The lowest BCUT2D eigenvalue weighted by Crippen LogP contribution is -2.27. The molecule has 6 aliphatic carbocycles. The van der Waals surface area contributed by atoms with E-state index in [1.165, 1.54) is 121 Å². The summed E-state index contributed by atoms with van der Waals surface area (Å²) in [6, 6.07) is 81.9. The van der Waals surface area contributed by atoms with E-state index in [0.29, 0.717) is 5.92 Å². The molecule has 0 N–H and O–H groups in total. The Morgan fingerprint density at radius 2 is 0.910 bits per heavy atom. The molecule has 1 saturated carbocycles. The van der Waals surface area contributed by atoms with Crippen LogP contribution in [0.15, 0.2) is 265 Å². The first kappa shape index (κ1) is 46.4. The summed E-state index contributed by atoms with van der Waals surface area (Å²) >= 11 is 0. The van der Waals surface area contributed by atoms with Crippen LogP contribution >= 0.6 is 0 Å². The molecular formula is C76H60N2. The summed E-state index contributed by atoms with van der Waals surface area (Å²) in [6.07, 6.45) is 15.5. The molecule has 9 aromatic carbocycles. The fourth-order valence-electron chi connectivity index (χ4n) is 14.6. The molecular weight excluding hydrogens is 941 g/mol. The summed E-state index contributed by atoms with van der Waals surface area (Å²) in [6.45, 7) is 4.84. The zero-order valence-electron chi connectivity index (χ0n) is 44.4. The van der Waals surface area contributed by atoms with Gasteiger partial charge >= 0.3 is 0 Å². The molecule has 0 heterocycles. The third-order valence-electron chi connectivity index (χ3n) is 18.2. The molecule has 6 aliphatic rings. The number of hydrogen-bond donors (Lipinski definition) is 0. The van der Waals surface area contributed by atoms with Crippen molar-refractivity contribution in [2.75, 3.05) is 9.80 Å². The Hall–Kier alpha value is -8.90. The summed E-state index contributed by atoms with van der Waals surface area (Å²) in [5.41, 5.74) is 35.7. The molecule has 78 heavy (non-hydrogen) atoms. The van der Waals surface area contributed by atoms with E-state index < -0.39 is 5.41 Å². The van der Waals surface area contributed by atoms with Crippen LogP contribution in [0.5, 0.6) is 0 Å². The van der Waals surface area contributed by atoms with Gasteiger partial charge in [0.05, 0.1) is 16.8 Å². The number of para-hydroxylation sites is 3. The van der Waals surface area contributed by atoms with Gasteiger partial charge in [-0.25, -0.2) is 0 Å². The number of benzene rings is 9. The SMILES string of the molecule is CC1(C)C2=C(CCC(N(c3ccccc3)c3cc4c(cc3C3=C=C=C(C5CCCCC5)C=C3)-c3ccccc3C43c4ccccc4-c4cc(-c5ccccc5)c(N(c5ccccc5)c5ccccc5)cc43)=C2)c2ccccc21. The van der Waals surface area contributed by atoms with Crippen LogP contribution in [0, 0.1) is 5.92 Å². The van der Waals surface area contributed by atoms with E-state index in [1.54, 1.807) is 0 Å². The Bertz CT molecular complexity index is 4060. The zero-order valence-corrected chi connectivity index (χ0v) is 44.4. The van der Waals surface area contributed by atoms with Crippen LogP contribution in [0.3, 0.4) is 0 Å². The fourth-order valence-corrected chi connectivity index (χ4v) is 14.6. The van der Waals surface area contributed by atoms with Crippen LogP contribution in [-0.2, 0) is 10.8 Å². The van der Waals surface area contributed by atoms with Gasteiger partial charge in [0.15, 0.2) is 0 Å². The summed E-state index contributed by atoms with van der Waals surface area (Å²) < 4.78 is 0. The van der Waals surface area contributed by atoms with Crippen molar-refractivity contribution in [3.63, 3.8) is 0 Å². The minimum absolute atomic E-state index is 0.134. The van der Waals surface area contributed by atoms with Gasteiger partial charge in [-0.3, -0.25) is 0 Å². The first-order valence-corrected chi connectivity index (χ1v) is 28.3. The van der Waals surface area contributed by atoms with Crippen molar-refractivity contribution < 1.29 is 0 Å². The lowest BCUT2D eigenvalue weighted by molar-refractivity contribution is 0.408. The quantitative estimate of drug-likeness (QED) is 0.133. The summed E-state index contributed by atoms with van der Waals surface area (Å²) in [5, 5.41) is 0. The first-order valence-electron chi connectivity index (χ1n) is 28.3. The van der Waals surface area contributed by atoms with Crippen molar-refractivity contribution in [2.45, 2.75) is 69.6 Å². The van der Waals surface area contributed by atoms with E-state index in [1.807, 2.05) is 0 Å². The van der Waals surface area contributed by atoms with Gasteiger partial charge in [-0.1, -0.05) is 202 Å². The maximum atomic E-state index is 3.86. The minimum atomic E-state index is -0.664. The third kappa shape index (κ3) is 7.11. The molecule has 2 heteroatoms. The lowest BCUT2D eigenvalue weighted by atomic mass is 9.70. The van der Waals surface area contributed by atoms with Crippen molar-refractivity contribution in [1.29, 1.82) is 0 Å². The van der Waals surface area contributed by atoms with Gasteiger partial charge in [-0.15, -0.1) is 0 Å². The molecule has 1 fully saturated rings. The summed E-state index contributed by atoms with van der Waals surface area (Å²) in [4.78, 5) is 5.09. The average Bonchev–Trinajstić information content (AvgIpc) is 2.73. The molecule has 0 bridgehead atoms. The minimum Gasteiger partial charge on any atom is -0.314 e. The molecule has 2 nitrogen and oxygen atoms in total. The highest BCUT2D eigenvalue weighted by Gasteiger charge is 2.53. The van der Waals surface area contributed by atoms with E-state index in [4.69, 9.17) is 0 Å². The molecule has 0 radical (unpaired) electrons. The highest BCUT2D eigenvalue weighted by atomic mass is 15.2. The van der Waals surface area contributed by atoms with Crippen LogP contribution in [0.2, 0.25) is 0 Å². The molecule has 0 amide bonds. The van der Waals surface area contributed by atoms with Gasteiger partial charge in [0.1, 0.15) is 0 Å². The predicted molar refractivity (Wildman–Crippen MR) is 325 cm³/mol. The topological polar surface area (TPSA) is 6.48 Å². The molecule has 1 unspecified atom stereocenters. The lowest BCUT2D eigenvalue weighted by Gasteiger charge is -2.36. The number of fused-ring (bicyclic) bond motifs is 12. The maximum absolute atomic E-state index is 3.86. The fraction of sp³-hybridized carbons (Fsp3) is 0.158. The zero-order chi connectivity index (χ0) is 52.0. The van der Waals surface area contributed by atoms with Gasteiger partial charge in [0.25, 0.3) is 0 Å². The molecule has 0 saturated heterocycles. The van der Waals surface area contributed by atoms with Gasteiger partial charge in [0, 0.05) is 50.4 Å². The van der Waals surface area contributed by atoms with Crippen molar-refractivity contribution in [1.82, 2.24) is 0 Å². The van der Waals surface area contributed by atoms with Crippen LogP contribution in [0.25, 0.3) is 44.5 Å². The van der Waals surface area contributed by atoms with Crippen molar-refractivity contribution >= 4 is 39.6 Å². The van der Waals surface area contributed by atoms with Crippen LogP contribution in [0.4, 0.5) is 28.4 Å². The van der Waals surface area contributed by atoms with E-state index in [2.05, 4.69) is 272 Å². The number of allylic oxidation sites excluding steroid dienone is 8. The normalized spacial score (nSPS) is 18.1. The smallest absolute Gasteiger partial charge is 0.0727 e. The molecule has 1 spiro atoms. The Morgan fingerprint density at radius 1 is 0.410 bits per heavy atom. The molecule has 0 aliphatic heterocycles. The second kappa shape index (κ2) is 18.4. The van der Waals surface area contributed by atoms with E-state index in [9.17, 15) is 0 Å². The first-order chi connectivity index (χ1) is 38.5. The second-order valence-electron chi connectivity index (χ2n) is 22.7. The Labute approximate surface area is 459 Å². The molecule has 15 rings (SSSR count). The van der Waals surface area contributed by atoms with Crippen molar-refractivity contribution in [2.24, 2.45) is 5.92 Å². The largest absolute Gasteiger partial charge is 0.314 e. The number of rotatable bonds is 9. The van der Waals surface area contributed by atoms with Gasteiger partial charge in [-0.2, -0.15) is 0 Å². The van der Waals surface area contributed by atoms with E-state index in [-0.39, 0.29) is 5.41 Å². The molecule has 1 atom stereocenters. The van der Waals surface area contributed by atoms with Crippen molar-refractivity contribution in [3.8, 4) is 33.4 Å². The Morgan fingerprint density at radius 3 is 1.49 bits per heavy atom. The van der Waals surface area contributed by atoms with Crippen LogP contribution < -0.4 is 9.80 Å². The maximum Gasteiger partial charge on any atom is 0.0727 e. The Kier molecular flexibility index (Phi) is 10.9. The van der Waals surface area contributed by atoms with E-state index >= 15 is 0 Å². The number of nitrogens with zero attached hydrogens (tertiary/aromatic N) is 2. The third-order valence-corrected chi connectivity index (χ3v) is 18.2. The average molecular weight is 1000 g/mol. The number of anilines is 5.